The van der Waals surface area contributed by atoms with Crippen molar-refractivity contribution in [2.45, 2.75) is 25.7 Å². The Hall–Kier alpha value is -1.68. The Bertz CT molecular complexity index is 673. The van der Waals surface area contributed by atoms with Gasteiger partial charge in [-0.25, -0.2) is 9.50 Å². The highest BCUT2D eigenvalue weighted by Crippen LogP contribution is 2.42. The lowest BCUT2D eigenvalue weighted by Crippen LogP contribution is -1.83. The second-order valence-electron chi connectivity index (χ2n) is 4.93. The molecule has 2 heterocycles. The minimum absolute atomic E-state index is 0.708. The molecule has 0 bridgehead atoms. The van der Waals surface area contributed by atoms with Gasteiger partial charge in [-0.1, -0.05) is 41.2 Å². The van der Waals surface area contributed by atoms with Gasteiger partial charge in [-0.15, -0.1) is 0 Å². The van der Waals surface area contributed by atoms with Crippen molar-refractivity contribution in [3.8, 4) is 11.3 Å². The molecular weight excluding hydrogens is 242 g/mol. The van der Waals surface area contributed by atoms with Crippen LogP contribution in [0.2, 0.25) is 0 Å². The van der Waals surface area contributed by atoms with E-state index in [0.717, 1.165) is 16.2 Å². The normalized spacial score (nSPS) is 15.4. The summed E-state index contributed by atoms with van der Waals surface area (Å²) in [5.74, 6) is 0.708. The fourth-order valence-corrected chi connectivity index (χ4v) is 3.12. The number of nitrogens with zero attached hydrogens (tertiary/aromatic N) is 3. The molecule has 4 rings (SSSR count). The van der Waals surface area contributed by atoms with Gasteiger partial charge in [0, 0.05) is 11.5 Å². The van der Waals surface area contributed by atoms with Gasteiger partial charge in [0.15, 0.2) is 0 Å². The molecule has 0 radical (unpaired) electrons. The molecule has 0 N–H and O–H groups in total. The average Bonchev–Trinajstić information content (AvgIpc) is 3.02. The molecule has 1 fully saturated rings. The molecule has 1 aliphatic rings. The van der Waals surface area contributed by atoms with E-state index in [1.54, 1.807) is 11.3 Å². The number of aromatic nitrogens is 3. The Morgan fingerprint density at radius 2 is 2.00 bits per heavy atom. The quantitative estimate of drug-likeness (QED) is 0.699. The standard InChI is InChI=1S/C14H13N3S/c1-9-2-4-10(5-3-9)12-8-17-14(15-12)18-13(16-17)11-6-7-11/h2-5,8,11H,6-7H2,1H3. The van der Waals surface area contributed by atoms with E-state index in [1.807, 2.05) is 10.7 Å². The predicted molar refractivity (Wildman–Crippen MR) is 73.0 cm³/mol. The van der Waals surface area contributed by atoms with Gasteiger partial charge in [0.1, 0.15) is 5.01 Å². The molecule has 0 atom stereocenters. The third-order valence-corrected chi connectivity index (χ3v) is 4.42. The SMILES string of the molecule is Cc1ccc(-c2cn3nc(C4CC4)sc3n2)cc1. The molecule has 4 heteroatoms. The molecule has 18 heavy (non-hydrogen) atoms. The van der Waals surface area contributed by atoms with Crippen LogP contribution in [0.25, 0.3) is 16.2 Å². The summed E-state index contributed by atoms with van der Waals surface area (Å²) in [6.07, 6.45) is 4.62. The number of benzene rings is 1. The smallest absolute Gasteiger partial charge is 0.212 e. The van der Waals surface area contributed by atoms with Crippen molar-refractivity contribution in [3.05, 3.63) is 41.0 Å². The van der Waals surface area contributed by atoms with Gasteiger partial charge in [0.2, 0.25) is 4.96 Å². The summed E-state index contributed by atoms with van der Waals surface area (Å²) < 4.78 is 1.92. The van der Waals surface area contributed by atoms with Crippen LogP contribution >= 0.6 is 11.3 Å². The van der Waals surface area contributed by atoms with Crippen LogP contribution in [-0.2, 0) is 0 Å². The number of fused-ring (bicyclic) bond motifs is 1. The Morgan fingerprint density at radius 3 is 2.67 bits per heavy atom. The van der Waals surface area contributed by atoms with Crippen molar-refractivity contribution in [1.82, 2.24) is 14.6 Å². The van der Waals surface area contributed by atoms with Crippen LogP contribution in [0, 0.1) is 6.92 Å². The van der Waals surface area contributed by atoms with Gasteiger partial charge in [-0.05, 0) is 19.8 Å². The maximum Gasteiger partial charge on any atom is 0.212 e. The zero-order valence-corrected chi connectivity index (χ0v) is 10.9. The van der Waals surface area contributed by atoms with Crippen LogP contribution in [-0.4, -0.2) is 14.6 Å². The van der Waals surface area contributed by atoms with Crippen molar-refractivity contribution in [3.63, 3.8) is 0 Å². The molecule has 1 aromatic carbocycles. The number of rotatable bonds is 2. The van der Waals surface area contributed by atoms with E-state index in [4.69, 9.17) is 0 Å². The molecule has 3 nitrogen and oxygen atoms in total. The van der Waals surface area contributed by atoms with Crippen molar-refractivity contribution in [1.29, 1.82) is 0 Å². The summed E-state index contributed by atoms with van der Waals surface area (Å²) in [5, 5.41) is 5.85. The molecular formula is C14H13N3S. The highest BCUT2D eigenvalue weighted by Gasteiger charge is 2.27. The molecule has 90 valence electrons. The van der Waals surface area contributed by atoms with Crippen LogP contribution in [0.3, 0.4) is 0 Å². The Morgan fingerprint density at radius 1 is 1.22 bits per heavy atom. The van der Waals surface area contributed by atoms with E-state index >= 15 is 0 Å². The molecule has 0 spiro atoms. The van der Waals surface area contributed by atoms with Crippen LogP contribution in [0.5, 0.6) is 0 Å². The lowest BCUT2D eigenvalue weighted by molar-refractivity contribution is 0.905. The largest absolute Gasteiger partial charge is 0.217 e. The van der Waals surface area contributed by atoms with Gasteiger partial charge >= 0.3 is 0 Å². The van der Waals surface area contributed by atoms with E-state index in [0.29, 0.717) is 5.92 Å². The van der Waals surface area contributed by atoms with Crippen LogP contribution in [0.15, 0.2) is 30.5 Å². The van der Waals surface area contributed by atoms with Gasteiger partial charge in [0.05, 0.1) is 11.9 Å². The Labute approximate surface area is 109 Å². The van der Waals surface area contributed by atoms with Gasteiger partial charge in [-0.3, -0.25) is 0 Å². The summed E-state index contributed by atoms with van der Waals surface area (Å²) in [6.45, 7) is 2.10. The van der Waals surface area contributed by atoms with Gasteiger partial charge in [0.25, 0.3) is 0 Å². The topological polar surface area (TPSA) is 30.2 Å². The highest BCUT2D eigenvalue weighted by atomic mass is 32.1. The van der Waals surface area contributed by atoms with Crippen molar-refractivity contribution < 1.29 is 0 Å². The summed E-state index contributed by atoms with van der Waals surface area (Å²) in [4.78, 5) is 5.67. The fraction of sp³-hybridized carbons (Fsp3) is 0.286. The molecule has 3 aromatic rings. The van der Waals surface area contributed by atoms with Crippen molar-refractivity contribution >= 4 is 16.3 Å². The third kappa shape index (κ3) is 1.64. The van der Waals surface area contributed by atoms with E-state index in [-0.39, 0.29) is 0 Å². The van der Waals surface area contributed by atoms with Crippen LogP contribution in [0.1, 0.15) is 29.3 Å². The summed E-state index contributed by atoms with van der Waals surface area (Å²) in [7, 11) is 0. The average molecular weight is 255 g/mol. The number of aryl methyl sites for hydroxylation is 1. The van der Waals surface area contributed by atoms with Crippen molar-refractivity contribution in [2.75, 3.05) is 0 Å². The predicted octanol–water partition coefficient (Wildman–Crippen LogP) is 3.64. The minimum atomic E-state index is 0.708. The van der Waals surface area contributed by atoms with E-state index in [2.05, 4.69) is 41.3 Å². The highest BCUT2D eigenvalue weighted by molar-refractivity contribution is 7.16. The monoisotopic (exact) mass is 255 g/mol. The summed E-state index contributed by atoms with van der Waals surface area (Å²) in [5.41, 5.74) is 3.44. The van der Waals surface area contributed by atoms with E-state index < -0.39 is 0 Å². The Balaban J connectivity index is 1.76. The summed E-state index contributed by atoms with van der Waals surface area (Å²) >= 11 is 1.73. The first-order chi connectivity index (χ1) is 8.79. The van der Waals surface area contributed by atoms with Crippen LogP contribution < -0.4 is 0 Å². The Kier molecular flexibility index (Phi) is 2.08. The molecule has 0 amide bonds. The lowest BCUT2D eigenvalue weighted by atomic mass is 10.1. The molecule has 1 aliphatic carbocycles. The molecule has 2 aromatic heterocycles. The number of hydrogen-bond donors (Lipinski definition) is 0. The second-order valence-corrected chi connectivity index (χ2v) is 5.92. The second kappa shape index (κ2) is 3.65. The van der Waals surface area contributed by atoms with E-state index in [9.17, 15) is 0 Å². The number of hydrogen-bond acceptors (Lipinski definition) is 3. The van der Waals surface area contributed by atoms with Gasteiger partial charge in [-0.2, -0.15) is 5.10 Å². The van der Waals surface area contributed by atoms with Gasteiger partial charge < -0.3 is 0 Å². The molecule has 1 saturated carbocycles. The maximum absolute atomic E-state index is 4.66. The minimum Gasteiger partial charge on any atom is -0.217 e. The zero-order chi connectivity index (χ0) is 12.1. The summed E-state index contributed by atoms with van der Waals surface area (Å²) in [6, 6.07) is 8.46. The first kappa shape index (κ1) is 10.3. The van der Waals surface area contributed by atoms with E-state index in [1.165, 1.54) is 23.4 Å². The molecule has 0 saturated heterocycles. The first-order valence-corrected chi connectivity index (χ1v) is 7.04. The third-order valence-electron chi connectivity index (χ3n) is 3.33. The zero-order valence-electron chi connectivity index (χ0n) is 10.1. The molecule has 0 aliphatic heterocycles. The fourth-order valence-electron chi connectivity index (χ4n) is 2.07. The molecule has 0 unspecified atom stereocenters. The van der Waals surface area contributed by atoms with Crippen molar-refractivity contribution in [2.24, 2.45) is 0 Å². The van der Waals surface area contributed by atoms with Crippen LogP contribution in [0.4, 0.5) is 0 Å². The first-order valence-electron chi connectivity index (χ1n) is 6.23. The maximum atomic E-state index is 4.66. The lowest BCUT2D eigenvalue weighted by Gasteiger charge is -1.96. The number of imidazole rings is 1.